The Kier molecular flexibility index (Phi) is 4.61. The van der Waals surface area contributed by atoms with Crippen LogP contribution in [0.2, 0.25) is 0 Å². The van der Waals surface area contributed by atoms with Gasteiger partial charge in [0.25, 0.3) is 5.91 Å². The Labute approximate surface area is 132 Å². The van der Waals surface area contributed by atoms with E-state index in [1.807, 2.05) is 0 Å². The molecule has 2 aromatic carbocycles. The summed E-state index contributed by atoms with van der Waals surface area (Å²) in [5.41, 5.74) is -1.87. The van der Waals surface area contributed by atoms with Gasteiger partial charge in [0.1, 0.15) is 5.82 Å². The van der Waals surface area contributed by atoms with E-state index in [1.54, 1.807) is 5.32 Å². The summed E-state index contributed by atoms with van der Waals surface area (Å²) >= 11 is 0. The molecule has 0 fully saturated rings. The monoisotopic (exact) mass is 365 g/mol. The van der Waals surface area contributed by atoms with Crippen molar-refractivity contribution < 1.29 is 35.2 Å². The lowest BCUT2D eigenvalue weighted by Crippen LogP contribution is -2.17. The molecule has 0 aromatic heterocycles. The maximum absolute atomic E-state index is 13.6. The van der Waals surface area contributed by atoms with Gasteiger partial charge >= 0.3 is 0 Å². The fraction of sp³-hybridized carbons (Fsp3) is 0.0714. The minimum absolute atomic E-state index is 0.0986. The Bertz CT molecular complexity index is 944. The van der Waals surface area contributed by atoms with Crippen LogP contribution in [-0.4, -0.2) is 20.6 Å². The number of rotatable bonds is 3. The van der Waals surface area contributed by atoms with Gasteiger partial charge < -0.3 is 5.32 Å². The highest BCUT2D eigenvalue weighted by molar-refractivity contribution is 7.90. The molecule has 0 spiro atoms. The van der Waals surface area contributed by atoms with Crippen LogP contribution in [0.4, 0.5) is 27.6 Å². The molecule has 1 amide bonds. The molecule has 0 unspecified atom stereocenters. The lowest BCUT2D eigenvalue weighted by Gasteiger charge is -2.09. The SMILES string of the molecule is CS(=O)(=O)c1ccc(F)c(NC(=O)c2cc(F)c(F)c(F)c2F)c1. The molecule has 1 N–H and O–H groups in total. The van der Waals surface area contributed by atoms with Gasteiger partial charge in [0.2, 0.25) is 0 Å². The van der Waals surface area contributed by atoms with Gasteiger partial charge in [-0.05, 0) is 24.3 Å². The molecule has 0 bridgehead atoms. The fourth-order valence-corrected chi connectivity index (χ4v) is 2.41. The van der Waals surface area contributed by atoms with Crippen molar-refractivity contribution in [3.8, 4) is 0 Å². The summed E-state index contributed by atoms with van der Waals surface area (Å²) in [5, 5.41) is 1.78. The zero-order valence-corrected chi connectivity index (χ0v) is 12.6. The zero-order chi connectivity index (χ0) is 18.2. The molecule has 0 atom stereocenters. The molecule has 10 heteroatoms. The van der Waals surface area contributed by atoms with Crippen molar-refractivity contribution in [1.82, 2.24) is 0 Å². The van der Waals surface area contributed by atoms with Gasteiger partial charge in [0.15, 0.2) is 33.1 Å². The standard InChI is InChI=1S/C14H8F5NO3S/c1-24(22,23)6-2-3-8(15)10(4-6)20-14(21)7-5-9(16)12(18)13(19)11(7)17/h2-5H,1H3,(H,20,21). The van der Waals surface area contributed by atoms with Gasteiger partial charge in [0.05, 0.1) is 16.1 Å². The van der Waals surface area contributed by atoms with Crippen LogP contribution >= 0.6 is 0 Å². The van der Waals surface area contributed by atoms with E-state index in [2.05, 4.69) is 0 Å². The van der Waals surface area contributed by atoms with Crippen molar-refractivity contribution in [2.24, 2.45) is 0 Å². The Morgan fingerprint density at radius 3 is 2.12 bits per heavy atom. The van der Waals surface area contributed by atoms with E-state index in [9.17, 15) is 35.2 Å². The molecule has 0 aliphatic rings. The number of nitrogens with one attached hydrogen (secondary N) is 1. The van der Waals surface area contributed by atoms with Gasteiger partial charge in [-0.25, -0.2) is 30.4 Å². The molecule has 0 heterocycles. The quantitative estimate of drug-likeness (QED) is 0.394. The number of benzene rings is 2. The van der Waals surface area contributed by atoms with Crippen LogP contribution in [0.5, 0.6) is 0 Å². The first-order valence-electron chi connectivity index (χ1n) is 6.16. The van der Waals surface area contributed by atoms with Crippen LogP contribution in [0.25, 0.3) is 0 Å². The molecule has 24 heavy (non-hydrogen) atoms. The van der Waals surface area contributed by atoms with Crippen molar-refractivity contribution in [1.29, 1.82) is 0 Å². The molecule has 0 saturated heterocycles. The minimum Gasteiger partial charge on any atom is -0.319 e. The molecule has 0 radical (unpaired) electrons. The largest absolute Gasteiger partial charge is 0.319 e. The summed E-state index contributed by atoms with van der Waals surface area (Å²) in [7, 11) is -3.73. The highest BCUT2D eigenvalue weighted by Gasteiger charge is 2.24. The summed E-state index contributed by atoms with van der Waals surface area (Å²) < 4.78 is 89.1. The highest BCUT2D eigenvalue weighted by atomic mass is 32.2. The number of carbonyl (C=O) groups excluding carboxylic acids is 1. The van der Waals surface area contributed by atoms with E-state index in [-0.39, 0.29) is 11.0 Å². The number of sulfone groups is 1. The second-order valence-corrected chi connectivity index (χ2v) is 6.73. The average molecular weight is 365 g/mol. The fourth-order valence-electron chi connectivity index (χ4n) is 1.76. The smallest absolute Gasteiger partial charge is 0.258 e. The molecule has 0 aliphatic heterocycles. The van der Waals surface area contributed by atoms with E-state index in [4.69, 9.17) is 0 Å². The van der Waals surface area contributed by atoms with Crippen LogP contribution in [0.15, 0.2) is 29.2 Å². The van der Waals surface area contributed by atoms with Crippen molar-refractivity contribution >= 4 is 21.4 Å². The van der Waals surface area contributed by atoms with Crippen LogP contribution in [-0.2, 0) is 9.84 Å². The second-order valence-electron chi connectivity index (χ2n) is 4.72. The van der Waals surface area contributed by atoms with Crippen molar-refractivity contribution in [3.05, 3.63) is 58.9 Å². The normalized spacial score (nSPS) is 11.4. The Morgan fingerprint density at radius 1 is 0.917 bits per heavy atom. The summed E-state index contributed by atoms with van der Waals surface area (Å²) in [6, 6.07) is 2.50. The van der Waals surface area contributed by atoms with Crippen LogP contribution in [0, 0.1) is 29.1 Å². The molecule has 0 saturated carbocycles. The van der Waals surface area contributed by atoms with E-state index < -0.39 is 56.1 Å². The number of hydrogen-bond acceptors (Lipinski definition) is 3. The molecular weight excluding hydrogens is 357 g/mol. The molecule has 2 rings (SSSR count). The van der Waals surface area contributed by atoms with E-state index in [0.717, 1.165) is 24.5 Å². The summed E-state index contributed by atoms with van der Waals surface area (Å²) in [6.45, 7) is 0. The van der Waals surface area contributed by atoms with Gasteiger partial charge in [0, 0.05) is 6.26 Å². The zero-order valence-electron chi connectivity index (χ0n) is 11.8. The first-order valence-corrected chi connectivity index (χ1v) is 8.05. The molecule has 0 aliphatic carbocycles. The Morgan fingerprint density at radius 2 is 1.54 bits per heavy atom. The minimum atomic E-state index is -3.73. The van der Waals surface area contributed by atoms with Crippen molar-refractivity contribution in [2.75, 3.05) is 11.6 Å². The average Bonchev–Trinajstić information content (AvgIpc) is 2.49. The van der Waals surface area contributed by atoms with Crippen LogP contribution in [0.1, 0.15) is 10.4 Å². The third-order valence-corrected chi connectivity index (χ3v) is 4.07. The summed E-state index contributed by atoms with van der Waals surface area (Å²) in [6.07, 6.45) is 0.830. The predicted octanol–water partition coefficient (Wildman–Crippen LogP) is 3.04. The number of hydrogen-bond donors (Lipinski definition) is 1. The first kappa shape index (κ1) is 17.9. The summed E-state index contributed by atoms with van der Waals surface area (Å²) in [5.74, 6) is -10.6. The van der Waals surface area contributed by atoms with Gasteiger partial charge in [-0.2, -0.15) is 0 Å². The van der Waals surface area contributed by atoms with Gasteiger partial charge in [-0.1, -0.05) is 0 Å². The molecular formula is C14H8F5NO3S. The predicted molar refractivity (Wildman–Crippen MR) is 73.7 cm³/mol. The van der Waals surface area contributed by atoms with E-state index in [1.165, 1.54) is 0 Å². The molecule has 4 nitrogen and oxygen atoms in total. The van der Waals surface area contributed by atoms with E-state index >= 15 is 0 Å². The molecule has 2 aromatic rings. The third-order valence-electron chi connectivity index (χ3n) is 2.96. The lowest BCUT2D eigenvalue weighted by molar-refractivity contribution is 0.102. The number of carbonyl (C=O) groups is 1. The third kappa shape index (κ3) is 3.37. The maximum atomic E-state index is 13.6. The van der Waals surface area contributed by atoms with Crippen LogP contribution < -0.4 is 5.32 Å². The van der Waals surface area contributed by atoms with Crippen LogP contribution in [0.3, 0.4) is 0 Å². The van der Waals surface area contributed by atoms with E-state index in [0.29, 0.717) is 0 Å². The maximum Gasteiger partial charge on any atom is 0.258 e. The van der Waals surface area contributed by atoms with Gasteiger partial charge in [-0.15, -0.1) is 0 Å². The number of halogens is 5. The highest BCUT2D eigenvalue weighted by Crippen LogP contribution is 2.23. The van der Waals surface area contributed by atoms with Crippen molar-refractivity contribution in [2.45, 2.75) is 4.90 Å². The molecule has 128 valence electrons. The Balaban J connectivity index is 2.45. The Hall–Kier alpha value is -2.49. The topological polar surface area (TPSA) is 63.2 Å². The first-order chi connectivity index (χ1) is 11.0. The van der Waals surface area contributed by atoms with Crippen molar-refractivity contribution in [3.63, 3.8) is 0 Å². The second kappa shape index (κ2) is 6.19. The lowest BCUT2D eigenvalue weighted by atomic mass is 10.1. The number of anilines is 1. The number of amides is 1. The summed E-state index contributed by atoms with van der Waals surface area (Å²) in [4.78, 5) is 11.5. The van der Waals surface area contributed by atoms with Gasteiger partial charge in [-0.3, -0.25) is 4.79 Å².